The first kappa shape index (κ1) is 18.5. The van der Waals surface area contributed by atoms with Crippen molar-refractivity contribution in [1.82, 2.24) is 14.9 Å². The largest absolute Gasteiger partial charge is 0.350 e. The number of nitrogens with one attached hydrogen (secondary N) is 1. The number of fused-ring (bicyclic) bond motifs is 1. The van der Waals surface area contributed by atoms with E-state index in [1.807, 2.05) is 31.2 Å². The zero-order valence-corrected chi connectivity index (χ0v) is 16.4. The fourth-order valence-corrected chi connectivity index (χ4v) is 5.15. The quantitative estimate of drug-likeness (QED) is 0.715. The highest BCUT2D eigenvalue weighted by molar-refractivity contribution is 7.93. The summed E-state index contributed by atoms with van der Waals surface area (Å²) in [4.78, 5) is 17.1. The molecule has 0 spiro atoms. The van der Waals surface area contributed by atoms with Crippen LogP contribution >= 0.6 is 0 Å². The van der Waals surface area contributed by atoms with E-state index in [1.54, 1.807) is 24.3 Å². The Bertz CT molecular complexity index is 1140. The maximum Gasteiger partial charge on any atom is 0.251 e. The maximum atomic E-state index is 12.5. The highest BCUT2D eigenvalue weighted by atomic mass is 32.2. The van der Waals surface area contributed by atoms with Crippen LogP contribution in [0.15, 0.2) is 48.5 Å². The number of sulfonamides is 1. The molecule has 7 nitrogen and oxygen atoms in total. The Balaban J connectivity index is 1.44. The molecule has 1 aliphatic rings. The lowest BCUT2D eigenvalue weighted by Crippen LogP contribution is -2.28. The van der Waals surface area contributed by atoms with Crippen molar-refractivity contribution >= 4 is 32.7 Å². The number of hydrogen-bond acceptors (Lipinski definition) is 4. The topological polar surface area (TPSA) is 84.3 Å². The highest BCUT2D eigenvalue weighted by Crippen LogP contribution is 2.24. The molecule has 146 valence electrons. The minimum atomic E-state index is -3.26. The fourth-order valence-electron chi connectivity index (χ4n) is 3.59. The molecule has 1 aliphatic heterocycles. The van der Waals surface area contributed by atoms with Crippen molar-refractivity contribution in [2.24, 2.45) is 0 Å². The van der Waals surface area contributed by atoms with Crippen LogP contribution in [0.3, 0.4) is 0 Å². The van der Waals surface area contributed by atoms with E-state index in [0.29, 0.717) is 37.3 Å². The molecular formula is C20H22N4O3S. The molecule has 1 N–H and O–H groups in total. The molecule has 3 aromatic rings. The molecule has 1 amide bonds. The first-order chi connectivity index (χ1) is 13.5. The first-order valence-corrected chi connectivity index (χ1v) is 10.9. The second kappa shape index (κ2) is 7.27. The molecule has 0 radical (unpaired) electrons. The highest BCUT2D eigenvalue weighted by Gasteiger charge is 2.28. The van der Waals surface area contributed by atoms with E-state index in [2.05, 4.69) is 14.9 Å². The van der Waals surface area contributed by atoms with Gasteiger partial charge in [-0.05, 0) is 43.7 Å². The van der Waals surface area contributed by atoms with Gasteiger partial charge in [0.2, 0.25) is 10.0 Å². The number of aryl methyl sites for hydroxylation is 1. The van der Waals surface area contributed by atoms with Crippen molar-refractivity contribution in [2.45, 2.75) is 19.9 Å². The summed E-state index contributed by atoms with van der Waals surface area (Å²) >= 11 is 0. The van der Waals surface area contributed by atoms with Crippen LogP contribution in [0.1, 0.15) is 22.6 Å². The molecule has 2 heterocycles. The third-order valence-electron chi connectivity index (χ3n) is 4.96. The zero-order chi connectivity index (χ0) is 19.7. The Labute approximate surface area is 164 Å². The Morgan fingerprint density at radius 2 is 2.00 bits per heavy atom. The van der Waals surface area contributed by atoms with Gasteiger partial charge < -0.3 is 9.88 Å². The number of aromatic nitrogens is 2. The van der Waals surface area contributed by atoms with Gasteiger partial charge in [0.1, 0.15) is 5.82 Å². The lowest BCUT2D eigenvalue weighted by molar-refractivity contribution is 0.0952. The Morgan fingerprint density at radius 3 is 2.79 bits per heavy atom. The van der Waals surface area contributed by atoms with Crippen molar-refractivity contribution < 1.29 is 13.2 Å². The Hall–Kier alpha value is -2.87. The van der Waals surface area contributed by atoms with Gasteiger partial charge in [0.25, 0.3) is 5.91 Å². The van der Waals surface area contributed by atoms with E-state index in [4.69, 9.17) is 0 Å². The van der Waals surface area contributed by atoms with Gasteiger partial charge in [0, 0.05) is 25.2 Å². The molecule has 0 atom stereocenters. The van der Waals surface area contributed by atoms with E-state index in [1.165, 1.54) is 4.31 Å². The number of imidazole rings is 1. The molecule has 2 aromatic carbocycles. The summed E-state index contributed by atoms with van der Waals surface area (Å²) in [5, 5.41) is 2.91. The zero-order valence-electron chi connectivity index (χ0n) is 15.6. The predicted molar refractivity (Wildman–Crippen MR) is 109 cm³/mol. The van der Waals surface area contributed by atoms with Crippen molar-refractivity contribution in [3.8, 4) is 0 Å². The lowest BCUT2D eigenvalue weighted by Gasteiger charge is -2.17. The maximum absolute atomic E-state index is 12.5. The summed E-state index contributed by atoms with van der Waals surface area (Å²) in [6.45, 7) is 3.46. The fraction of sp³-hybridized carbons (Fsp3) is 0.300. The number of nitrogens with zero attached hydrogens (tertiary/aromatic N) is 3. The average molecular weight is 398 g/mol. The summed E-state index contributed by atoms with van der Waals surface area (Å²) in [6, 6.07) is 14.7. The van der Waals surface area contributed by atoms with Crippen LogP contribution in [-0.2, 0) is 16.6 Å². The van der Waals surface area contributed by atoms with Gasteiger partial charge in [0.05, 0.1) is 22.5 Å². The Morgan fingerprint density at radius 1 is 1.18 bits per heavy atom. The molecule has 4 rings (SSSR count). The molecule has 1 fully saturated rings. The summed E-state index contributed by atoms with van der Waals surface area (Å²) < 4.78 is 27.7. The standard InChI is InChI=1S/C20H22N4O3S/c1-15-22-18-8-2-3-9-19(18)23(15)12-10-21-20(25)16-6-4-7-17(14-16)24-11-5-13-28(24,26)27/h2-4,6-9,14H,5,10-13H2,1H3,(H,21,25). The number of hydrogen-bond donors (Lipinski definition) is 1. The van der Waals surface area contributed by atoms with Gasteiger partial charge >= 0.3 is 0 Å². The number of amides is 1. The van der Waals surface area contributed by atoms with Crippen LogP contribution in [-0.4, -0.2) is 42.7 Å². The Kier molecular flexibility index (Phi) is 4.80. The third-order valence-corrected chi connectivity index (χ3v) is 6.83. The summed E-state index contributed by atoms with van der Waals surface area (Å²) in [5.41, 5.74) is 2.97. The molecule has 0 unspecified atom stereocenters. The van der Waals surface area contributed by atoms with Crippen LogP contribution in [0.5, 0.6) is 0 Å². The van der Waals surface area contributed by atoms with Crippen LogP contribution in [0.25, 0.3) is 11.0 Å². The number of benzene rings is 2. The van der Waals surface area contributed by atoms with Crippen LogP contribution < -0.4 is 9.62 Å². The molecule has 28 heavy (non-hydrogen) atoms. The number of rotatable bonds is 5. The SMILES string of the molecule is Cc1nc2ccccc2n1CCNC(=O)c1cccc(N2CCCS2(=O)=O)c1. The van der Waals surface area contributed by atoms with Gasteiger partial charge in [-0.25, -0.2) is 13.4 Å². The number of carbonyl (C=O) groups excluding carboxylic acids is 1. The number of para-hydroxylation sites is 2. The molecule has 8 heteroatoms. The second-order valence-electron chi connectivity index (χ2n) is 6.85. The van der Waals surface area contributed by atoms with Gasteiger partial charge in [-0.3, -0.25) is 9.10 Å². The molecule has 1 aromatic heterocycles. The van der Waals surface area contributed by atoms with Crippen molar-refractivity contribution in [1.29, 1.82) is 0 Å². The molecule has 0 bridgehead atoms. The normalized spacial score (nSPS) is 15.8. The van der Waals surface area contributed by atoms with Gasteiger partial charge in [0.15, 0.2) is 0 Å². The predicted octanol–water partition coefficient (Wildman–Crippen LogP) is 2.31. The molecule has 0 saturated carbocycles. The van der Waals surface area contributed by atoms with Crippen LogP contribution in [0.2, 0.25) is 0 Å². The minimum Gasteiger partial charge on any atom is -0.350 e. The monoisotopic (exact) mass is 398 g/mol. The first-order valence-electron chi connectivity index (χ1n) is 9.26. The average Bonchev–Trinajstić information content (AvgIpc) is 3.20. The number of anilines is 1. The summed E-state index contributed by atoms with van der Waals surface area (Å²) in [5.74, 6) is 0.832. The molecular weight excluding hydrogens is 376 g/mol. The van der Waals surface area contributed by atoms with Crippen molar-refractivity contribution in [3.05, 3.63) is 59.9 Å². The van der Waals surface area contributed by atoms with Gasteiger partial charge in [-0.15, -0.1) is 0 Å². The van der Waals surface area contributed by atoms with E-state index in [0.717, 1.165) is 16.9 Å². The summed E-state index contributed by atoms with van der Waals surface area (Å²) in [6.07, 6.45) is 0.608. The lowest BCUT2D eigenvalue weighted by atomic mass is 10.2. The smallest absolute Gasteiger partial charge is 0.251 e. The minimum absolute atomic E-state index is 0.154. The van der Waals surface area contributed by atoms with Crippen molar-refractivity contribution in [2.75, 3.05) is 23.1 Å². The van der Waals surface area contributed by atoms with Gasteiger partial charge in [-0.2, -0.15) is 0 Å². The van der Waals surface area contributed by atoms with E-state index < -0.39 is 10.0 Å². The van der Waals surface area contributed by atoms with Crippen LogP contribution in [0.4, 0.5) is 5.69 Å². The van der Waals surface area contributed by atoms with Gasteiger partial charge in [-0.1, -0.05) is 18.2 Å². The van der Waals surface area contributed by atoms with E-state index in [-0.39, 0.29) is 11.7 Å². The van der Waals surface area contributed by atoms with Crippen molar-refractivity contribution in [3.63, 3.8) is 0 Å². The molecule has 0 aliphatic carbocycles. The molecule has 1 saturated heterocycles. The van der Waals surface area contributed by atoms with Crippen LogP contribution in [0, 0.1) is 6.92 Å². The number of carbonyl (C=O) groups is 1. The third kappa shape index (κ3) is 3.47. The summed E-state index contributed by atoms with van der Waals surface area (Å²) in [7, 11) is -3.26. The second-order valence-corrected chi connectivity index (χ2v) is 8.86. The van der Waals surface area contributed by atoms with E-state index >= 15 is 0 Å². The van der Waals surface area contributed by atoms with E-state index in [9.17, 15) is 13.2 Å².